The maximum atomic E-state index is 11.3. The Bertz CT molecular complexity index is 306. The molecule has 0 amide bonds. The van der Waals surface area contributed by atoms with Gasteiger partial charge in [0.1, 0.15) is 5.69 Å². The summed E-state index contributed by atoms with van der Waals surface area (Å²) in [6.07, 6.45) is 0. The van der Waals surface area contributed by atoms with Crippen molar-refractivity contribution in [3.8, 4) is 0 Å². The zero-order chi connectivity index (χ0) is 9.84. The molecule has 0 radical (unpaired) electrons. The van der Waals surface area contributed by atoms with Crippen LogP contribution >= 0.6 is 0 Å². The van der Waals surface area contributed by atoms with Crippen molar-refractivity contribution in [2.24, 2.45) is 12.8 Å². The van der Waals surface area contributed by atoms with E-state index in [0.717, 1.165) is 0 Å². The molecule has 72 valence electrons. The van der Waals surface area contributed by atoms with Crippen molar-refractivity contribution in [2.45, 2.75) is 13.5 Å². The summed E-state index contributed by atoms with van der Waals surface area (Å²) in [5, 5.41) is 4.02. The molecule has 5 heteroatoms. The molecule has 0 aliphatic carbocycles. The van der Waals surface area contributed by atoms with Crippen LogP contribution in [0.3, 0.4) is 0 Å². The number of ether oxygens (including phenoxy) is 1. The molecule has 1 aromatic rings. The number of carbonyl (C=O) groups is 1. The Morgan fingerprint density at radius 1 is 1.77 bits per heavy atom. The van der Waals surface area contributed by atoms with Crippen molar-refractivity contribution < 1.29 is 9.53 Å². The van der Waals surface area contributed by atoms with Crippen molar-refractivity contribution in [1.29, 1.82) is 0 Å². The third-order valence-corrected chi connectivity index (χ3v) is 1.62. The first-order valence-electron chi connectivity index (χ1n) is 4.09. The fraction of sp³-hybridized carbons (Fsp3) is 0.500. The average molecular weight is 183 g/mol. The van der Waals surface area contributed by atoms with Gasteiger partial charge in [0.05, 0.1) is 12.3 Å². The van der Waals surface area contributed by atoms with E-state index in [4.69, 9.17) is 10.5 Å². The summed E-state index contributed by atoms with van der Waals surface area (Å²) in [5.74, 6) is -0.364. The van der Waals surface area contributed by atoms with E-state index in [9.17, 15) is 4.79 Å². The minimum absolute atomic E-state index is 0.327. The zero-order valence-corrected chi connectivity index (χ0v) is 7.78. The first-order valence-corrected chi connectivity index (χ1v) is 4.09. The monoisotopic (exact) mass is 183 g/mol. The quantitative estimate of drug-likeness (QED) is 0.672. The Morgan fingerprint density at radius 2 is 2.46 bits per heavy atom. The van der Waals surface area contributed by atoms with E-state index in [1.165, 1.54) is 4.68 Å². The van der Waals surface area contributed by atoms with Gasteiger partial charge < -0.3 is 10.5 Å². The molecule has 0 bridgehead atoms. The van der Waals surface area contributed by atoms with Gasteiger partial charge in [-0.2, -0.15) is 5.10 Å². The smallest absolute Gasteiger partial charge is 0.356 e. The topological polar surface area (TPSA) is 70.1 Å². The lowest BCUT2D eigenvalue weighted by Gasteiger charge is -1.99. The van der Waals surface area contributed by atoms with Crippen LogP contribution in [-0.4, -0.2) is 22.4 Å². The molecule has 0 atom stereocenters. The Morgan fingerprint density at radius 3 is 2.92 bits per heavy atom. The van der Waals surface area contributed by atoms with Gasteiger partial charge in [0.15, 0.2) is 0 Å². The SMILES string of the molecule is CCOC(=O)c1cc(CN)nn1C. The number of rotatable bonds is 3. The molecular formula is C8H13N3O2. The van der Waals surface area contributed by atoms with Crippen molar-refractivity contribution in [1.82, 2.24) is 9.78 Å². The van der Waals surface area contributed by atoms with E-state index < -0.39 is 0 Å². The third kappa shape index (κ3) is 2.06. The lowest BCUT2D eigenvalue weighted by atomic mass is 10.3. The Kier molecular flexibility index (Phi) is 3.02. The summed E-state index contributed by atoms with van der Waals surface area (Å²) in [6, 6.07) is 1.64. The normalized spacial score (nSPS) is 10.1. The second-order valence-corrected chi connectivity index (χ2v) is 2.57. The molecule has 0 aromatic carbocycles. The minimum Gasteiger partial charge on any atom is -0.461 e. The number of hydrogen-bond donors (Lipinski definition) is 1. The van der Waals surface area contributed by atoms with Crippen LogP contribution in [0.25, 0.3) is 0 Å². The maximum absolute atomic E-state index is 11.3. The Labute approximate surface area is 76.5 Å². The summed E-state index contributed by atoms with van der Waals surface area (Å²) in [5.41, 5.74) is 6.50. The molecule has 2 N–H and O–H groups in total. The highest BCUT2D eigenvalue weighted by molar-refractivity contribution is 5.87. The second kappa shape index (κ2) is 4.04. The van der Waals surface area contributed by atoms with Crippen LogP contribution in [0.2, 0.25) is 0 Å². The lowest BCUT2D eigenvalue weighted by molar-refractivity contribution is 0.0513. The van der Waals surface area contributed by atoms with Crippen molar-refractivity contribution in [3.63, 3.8) is 0 Å². The number of nitrogens with zero attached hydrogens (tertiary/aromatic N) is 2. The van der Waals surface area contributed by atoms with E-state index in [1.807, 2.05) is 0 Å². The minimum atomic E-state index is -0.364. The van der Waals surface area contributed by atoms with Gasteiger partial charge in [-0.05, 0) is 13.0 Å². The molecule has 0 spiro atoms. The average Bonchev–Trinajstić information content (AvgIpc) is 2.47. The van der Waals surface area contributed by atoms with E-state index in [1.54, 1.807) is 20.0 Å². The van der Waals surface area contributed by atoms with Gasteiger partial charge in [-0.25, -0.2) is 4.79 Å². The third-order valence-electron chi connectivity index (χ3n) is 1.62. The van der Waals surface area contributed by atoms with Gasteiger partial charge >= 0.3 is 5.97 Å². The lowest BCUT2D eigenvalue weighted by Crippen LogP contribution is -2.10. The number of carbonyl (C=O) groups excluding carboxylic acids is 1. The Hall–Kier alpha value is -1.36. The zero-order valence-electron chi connectivity index (χ0n) is 7.78. The maximum Gasteiger partial charge on any atom is 0.356 e. The second-order valence-electron chi connectivity index (χ2n) is 2.57. The molecule has 1 rings (SSSR count). The standard InChI is InChI=1S/C8H13N3O2/c1-3-13-8(12)7-4-6(5-9)10-11(7)2/h4H,3,5,9H2,1-2H3. The van der Waals surface area contributed by atoms with E-state index in [2.05, 4.69) is 5.10 Å². The molecule has 0 saturated heterocycles. The van der Waals surface area contributed by atoms with E-state index in [0.29, 0.717) is 24.5 Å². The molecule has 1 heterocycles. The van der Waals surface area contributed by atoms with Gasteiger partial charge in [0, 0.05) is 13.6 Å². The van der Waals surface area contributed by atoms with Crippen molar-refractivity contribution in [2.75, 3.05) is 6.61 Å². The van der Waals surface area contributed by atoms with Crippen LogP contribution < -0.4 is 5.73 Å². The molecule has 0 fully saturated rings. The highest BCUT2D eigenvalue weighted by atomic mass is 16.5. The highest BCUT2D eigenvalue weighted by Gasteiger charge is 2.12. The number of nitrogens with two attached hydrogens (primary N) is 1. The van der Waals surface area contributed by atoms with Crippen LogP contribution in [0, 0.1) is 0 Å². The Balaban J connectivity index is 2.87. The molecular weight excluding hydrogens is 170 g/mol. The van der Waals surface area contributed by atoms with Crippen LogP contribution in [0.15, 0.2) is 6.07 Å². The van der Waals surface area contributed by atoms with Crippen molar-refractivity contribution >= 4 is 5.97 Å². The van der Waals surface area contributed by atoms with Crippen LogP contribution in [0.5, 0.6) is 0 Å². The number of esters is 1. The molecule has 13 heavy (non-hydrogen) atoms. The summed E-state index contributed by atoms with van der Waals surface area (Å²) >= 11 is 0. The fourth-order valence-electron chi connectivity index (χ4n) is 1.02. The molecule has 1 aromatic heterocycles. The van der Waals surface area contributed by atoms with Gasteiger partial charge in [-0.3, -0.25) is 4.68 Å². The predicted octanol–water partition coefficient (Wildman–Crippen LogP) is 0.0555. The molecule has 5 nitrogen and oxygen atoms in total. The predicted molar refractivity (Wildman–Crippen MR) is 47.1 cm³/mol. The summed E-state index contributed by atoms with van der Waals surface area (Å²) < 4.78 is 6.30. The summed E-state index contributed by atoms with van der Waals surface area (Å²) in [6.45, 7) is 2.45. The summed E-state index contributed by atoms with van der Waals surface area (Å²) in [7, 11) is 1.69. The summed E-state index contributed by atoms with van der Waals surface area (Å²) in [4.78, 5) is 11.3. The van der Waals surface area contributed by atoms with Crippen LogP contribution in [0.4, 0.5) is 0 Å². The van der Waals surface area contributed by atoms with Gasteiger partial charge in [0.2, 0.25) is 0 Å². The molecule has 0 saturated carbocycles. The van der Waals surface area contributed by atoms with Crippen molar-refractivity contribution in [3.05, 3.63) is 17.5 Å². The highest BCUT2D eigenvalue weighted by Crippen LogP contribution is 2.03. The van der Waals surface area contributed by atoms with Gasteiger partial charge in [0.25, 0.3) is 0 Å². The first-order chi connectivity index (χ1) is 6.19. The number of aromatic nitrogens is 2. The molecule has 0 aliphatic heterocycles. The number of aryl methyl sites for hydroxylation is 1. The van der Waals surface area contributed by atoms with Crippen LogP contribution in [0.1, 0.15) is 23.1 Å². The fourth-order valence-corrected chi connectivity index (χ4v) is 1.02. The van der Waals surface area contributed by atoms with Gasteiger partial charge in [-0.1, -0.05) is 0 Å². The molecule has 0 unspecified atom stereocenters. The molecule has 0 aliphatic rings. The van der Waals surface area contributed by atoms with Gasteiger partial charge in [-0.15, -0.1) is 0 Å². The van der Waals surface area contributed by atoms with E-state index in [-0.39, 0.29) is 5.97 Å². The largest absolute Gasteiger partial charge is 0.461 e. The first kappa shape index (κ1) is 9.73. The number of hydrogen-bond acceptors (Lipinski definition) is 4. The van der Waals surface area contributed by atoms with Crippen LogP contribution in [-0.2, 0) is 18.3 Å². The van der Waals surface area contributed by atoms with E-state index >= 15 is 0 Å².